The molecule has 3 rings (SSSR count). The van der Waals surface area contributed by atoms with Crippen LogP contribution in [0.25, 0.3) is 11.3 Å². The molecule has 9 nitrogen and oxygen atoms in total. The van der Waals surface area contributed by atoms with Crippen molar-refractivity contribution in [3.63, 3.8) is 0 Å². The van der Waals surface area contributed by atoms with Gasteiger partial charge < -0.3 is 19.7 Å². The maximum atomic E-state index is 12.3. The number of carbonyl (C=O) groups excluding carboxylic acids is 3. The van der Waals surface area contributed by atoms with E-state index in [1.165, 1.54) is 17.8 Å². The number of imidazole rings is 1. The van der Waals surface area contributed by atoms with Gasteiger partial charge in [0.25, 0.3) is 0 Å². The molecule has 0 bridgehead atoms. The summed E-state index contributed by atoms with van der Waals surface area (Å²) in [5.41, 5.74) is 2.21. The van der Waals surface area contributed by atoms with Crippen LogP contribution in [-0.2, 0) is 14.3 Å². The summed E-state index contributed by atoms with van der Waals surface area (Å²) < 4.78 is 11.9. The lowest BCUT2D eigenvalue weighted by Crippen LogP contribution is -2.45. The second kappa shape index (κ2) is 9.25. The van der Waals surface area contributed by atoms with Crippen LogP contribution in [0.3, 0.4) is 0 Å². The van der Waals surface area contributed by atoms with E-state index in [4.69, 9.17) is 9.47 Å². The fraction of sp³-hybridized carbons (Fsp3) is 0.500. The maximum Gasteiger partial charge on any atom is 0.419 e. The molecular formula is C24H32N4O5. The van der Waals surface area contributed by atoms with Gasteiger partial charge >= 0.3 is 12.2 Å². The summed E-state index contributed by atoms with van der Waals surface area (Å²) in [7, 11) is 0. The lowest BCUT2D eigenvalue weighted by atomic mass is 9.90. The van der Waals surface area contributed by atoms with E-state index in [9.17, 15) is 14.4 Å². The summed E-state index contributed by atoms with van der Waals surface area (Å²) >= 11 is 0. The van der Waals surface area contributed by atoms with E-state index in [1.807, 2.05) is 25.1 Å². The van der Waals surface area contributed by atoms with Crippen molar-refractivity contribution in [2.24, 2.45) is 0 Å². The fourth-order valence-electron chi connectivity index (χ4n) is 3.92. The van der Waals surface area contributed by atoms with Crippen molar-refractivity contribution in [3.05, 3.63) is 36.3 Å². The lowest BCUT2D eigenvalue weighted by molar-refractivity contribution is -0.117. The zero-order valence-corrected chi connectivity index (χ0v) is 20.2. The van der Waals surface area contributed by atoms with Gasteiger partial charge in [-0.3, -0.25) is 4.79 Å². The SMILES string of the molecule is CC(=O)N1c2ccc(-c3cn(C(=O)OC(C)(C)C)cn3)cc2[C@H](NC(=O)OC(C)C)C[C@@H]1C. The molecule has 2 heterocycles. The van der Waals surface area contributed by atoms with Gasteiger partial charge in [0.05, 0.1) is 17.8 Å². The summed E-state index contributed by atoms with van der Waals surface area (Å²) in [5, 5.41) is 2.93. The molecule has 1 N–H and O–H groups in total. The van der Waals surface area contributed by atoms with Crippen molar-refractivity contribution in [3.8, 4) is 11.3 Å². The highest BCUT2D eigenvalue weighted by atomic mass is 16.6. The predicted molar refractivity (Wildman–Crippen MR) is 124 cm³/mol. The van der Waals surface area contributed by atoms with E-state index in [1.54, 1.807) is 45.7 Å². The smallest absolute Gasteiger partial charge is 0.419 e. The summed E-state index contributed by atoms with van der Waals surface area (Å²) in [6, 6.07) is 5.13. The molecule has 1 aliphatic heterocycles. The summed E-state index contributed by atoms with van der Waals surface area (Å²) in [4.78, 5) is 43.1. The highest BCUT2D eigenvalue weighted by molar-refractivity contribution is 5.94. The molecule has 33 heavy (non-hydrogen) atoms. The molecule has 0 saturated carbocycles. The van der Waals surface area contributed by atoms with Crippen molar-refractivity contribution in [1.82, 2.24) is 14.9 Å². The number of nitrogens with zero attached hydrogens (tertiary/aromatic N) is 3. The van der Waals surface area contributed by atoms with Gasteiger partial charge in [0.15, 0.2) is 0 Å². The van der Waals surface area contributed by atoms with Gasteiger partial charge in [-0.1, -0.05) is 6.07 Å². The number of aromatic nitrogens is 2. The highest BCUT2D eigenvalue weighted by Crippen LogP contribution is 2.39. The van der Waals surface area contributed by atoms with Crippen LogP contribution in [0.5, 0.6) is 0 Å². The average Bonchev–Trinajstić information content (AvgIpc) is 3.16. The molecule has 0 aliphatic carbocycles. The second-order valence-corrected chi connectivity index (χ2v) is 9.54. The Labute approximate surface area is 194 Å². The van der Waals surface area contributed by atoms with Crippen LogP contribution in [-0.4, -0.2) is 45.4 Å². The number of nitrogens with one attached hydrogen (secondary N) is 1. The lowest BCUT2D eigenvalue weighted by Gasteiger charge is -2.39. The Kier molecular flexibility index (Phi) is 6.81. The van der Waals surface area contributed by atoms with Crippen LogP contribution in [0, 0.1) is 0 Å². The van der Waals surface area contributed by atoms with Gasteiger partial charge in [-0.25, -0.2) is 19.1 Å². The Morgan fingerprint density at radius 2 is 1.91 bits per heavy atom. The van der Waals surface area contributed by atoms with Gasteiger partial charge in [0.2, 0.25) is 5.91 Å². The van der Waals surface area contributed by atoms with Gasteiger partial charge in [-0.2, -0.15) is 0 Å². The van der Waals surface area contributed by atoms with Crippen molar-refractivity contribution >= 4 is 23.8 Å². The number of alkyl carbamates (subject to hydrolysis) is 1. The van der Waals surface area contributed by atoms with E-state index >= 15 is 0 Å². The molecule has 1 aliphatic rings. The number of hydrogen-bond acceptors (Lipinski definition) is 6. The van der Waals surface area contributed by atoms with Gasteiger partial charge in [0.1, 0.15) is 11.9 Å². The Bertz CT molecular complexity index is 1050. The van der Waals surface area contributed by atoms with E-state index in [0.717, 1.165) is 16.8 Å². The third-order valence-corrected chi connectivity index (χ3v) is 5.14. The molecule has 0 fully saturated rings. The molecule has 0 spiro atoms. The molecule has 2 atom stereocenters. The summed E-state index contributed by atoms with van der Waals surface area (Å²) in [6.45, 7) is 12.4. The normalized spacial score (nSPS) is 18.0. The molecular weight excluding hydrogens is 424 g/mol. The van der Waals surface area contributed by atoms with Crippen molar-refractivity contribution in [2.45, 2.75) is 78.7 Å². The largest absolute Gasteiger partial charge is 0.447 e. The average molecular weight is 457 g/mol. The summed E-state index contributed by atoms with van der Waals surface area (Å²) in [5.74, 6) is -0.0751. The van der Waals surface area contributed by atoms with Crippen LogP contribution in [0.4, 0.5) is 15.3 Å². The molecule has 178 valence electrons. The first-order valence-corrected chi connectivity index (χ1v) is 11.0. The first-order chi connectivity index (χ1) is 15.4. The van der Waals surface area contributed by atoms with Crippen molar-refractivity contribution in [1.29, 1.82) is 0 Å². The maximum absolute atomic E-state index is 12.3. The van der Waals surface area contributed by atoms with E-state index < -0.39 is 17.8 Å². The minimum absolute atomic E-state index is 0.0751. The van der Waals surface area contributed by atoms with Crippen molar-refractivity contribution < 1.29 is 23.9 Å². The Morgan fingerprint density at radius 1 is 1.21 bits per heavy atom. The van der Waals surface area contributed by atoms with Crippen LogP contribution in [0.2, 0.25) is 0 Å². The van der Waals surface area contributed by atoms with E-state index in [2.05, 4.69) is 10.3 Å². The Morgan fingerprint density at radius 3 is 2.52 bits per heavy atom. The minimum atomic E-state index is -0.621. The molecule has 0 radical (unpaired) electrons. The Balaban J connectivity index is 1.96. The molecule has 2 aromatic rings. The molecule has 1 aromatic heterocycles. The Hall–Kier alpha value is -3.36. The van der Waals surface area contributed by atoms with E-state index in [-0.39, 0.29) is 24.1 Å². The van der Waals surface area contributed by atoms with Gasteiger partial charge in [-0.05, 0) is 65.7 Å². The molecule has 0 unspecified atom stereocenters. The number of benzene rings is 1. The fourth-order valence-corrected chi connectivity index (χ4v) is 3.92. The van der Waals surface area contributed by atoms with Crippen molar-refractivity contribution in [2.75, 3.05) is 4.90 Å². The van der Waals surface area contributed by atoms with Gasteiger partial charge in [-0.15, -0.1) is 0 Å². The van der Waals surface area contributed by atoms with Crippen LogP contribution in [0.1, 0.15) is 66.5 Å². The quantitative estimate of drug-likeness (QED) is 0.721. The number of carbonyl (C=O) groups is 3. The van der Waals surface area contributed by atoms with Crippen LogP contribution < -0.4 is 10.2 Å². The number of hydrogen-bond donors (Lipinski definition) is 1. The topological polar surface area (TPSA) is 103 Å². The third kappa shape index (κ3) is 5.71. The predicted octanol–water partition coefficient (Wildman–Crippen LogP) is 4.65. The summed E-state index contributed by atoms with van der Waals surface area (Å²) in [6.07, 6.45) is 2.26. The van der Waals surface area contributed by atoms with Crippen LogP contribution in [0.15, 0.2) is 30.7 Å². The molecule has 9 heteroatoms. The zero-order valence-electron chi connectivity index (χ0n) is 20.2. The molecule has 1 aromatic carbocycles. The number of rotatable bonds is 3. The monoisotopic (exact) mass is 456 g/mol. The number of amides is 2. The van der Waals surface area contributed by atoms with E-state index in [0.29, 0.717) is 12.1 Å². The molecule has 2 amide bonds. The van der Waals surface area contributed by atoms with Crippen LogP contribution >= 0.6 is 0 Å². The number of fused-ring (bicyclic) bond motifs is 1. The zero-order chi connectivity index (χ0) is 24.5. The first kappa shape index (κ1) is 24.3. The highest BCUT2D eigenvalue weighted by Gasteiger charge is 2.34. The first-order valence-electron chi connectivity index (χ1n) is 11.0. The third-order valence-electron chi connectivity index (χ3n) is 5.14. The molecule has 0 saturated heterocycles. The van der Waals surface area contributed by atoms with Gasteiger partial charge in [0, 0.05) is 30.4 Å². The minimum Gasteiger partial charge on any atom is -0.447 e. The second-order valence-electron chi connectivity index (χ2n) is 9.54. The number of anilines is 1. The number of ether oxygens (including phenoxy) is 2. The standard InChI is InChI=1S/C24H32N4O5/c1-14(2)32-22(30)26-19-10-15(3)28(16(4)29)21-9-8-17(11-18(19)21)20-12-27(13-25-20)23(31)33-24(5,6)7/h8-9,11-15,19H,10H2,1-7H3,(H,26,30)/t15-,19+/m0/s1.